The quantitative estimate of drug-likeness (QED) is 0.771. The van der Waals surface area contributed by atoms with E-state index in [0.29, 0.717) is 5.56 Å². The van der Waals surface area contributed by atoms with Gasteiger partial charge in [-0.1, -0.05) is 19.1 Å². The van der Waals surface area contributed by atoms with E-state index in [9.17, 15) is 8.78 Å². The summed E-state index contributed by atoms with van der Waals surface area (Å²) in [6.45, 7) is 2.10. The van der Waals surface area contributed by atoms with Gasteiger partial charge in [0.25, 0.3) is 0 Å². The average molecular weight is 245 g/mol. The van der Waals surface area contributed by atoms with E-state index >= 15 is 0 Å². The number of benzene rings is 1. The van der Waals surface area contributed by atoms with Gasteiger partial charge < -0.3 is 5.32 Å². The van der Waals surface area contributed by atoms with Gasteiger partial charge in [0.15, 0.2) is 11.6 Å². The fraction of sp³-hybridized carbons (Fsp3) is 0.500. The lowest BCUT2D eigenvalue weighted by Crippen LogP contribution is -2.20. The fourth-order valence-corrected chi connectivity index (χ4v) is 2.50. The second kappa shape index (κ2) is 6.86. The summed E-state index contributed by atoms with van der Waals surface area (Å²) in [6, 6.07) is 4.19. The Morgan fingerprint density at radius 1 is 1.38 bits per heavy atom. The van der Waals surface area contributed by atoms with E-state index in [-0.39, 0.29) is 6.04 Å². The number of nitrogens with one attached hydrogen (secondary N) is 1. The van der Waals surface area contributed by atoms with Gasteiger partial charge in [-0.3, -0.25) is 0 Å². The summed E-state index contributed by atoms with van der Waals surface area (Å²) >= 11 is 1.74. The highest BCUT2D eigenvalue weighted by atomic mass is 32.2. The van der Waals surface area contributed by atoms with Crippen molar-refractivity contribution in [3.63, 3.8) is 0 Å². The molecule has 0 heterocycles. The zero-order valence-electron chi connectivity index (χ0n) is 9.59. The van der Waals surface area contributed by atoms with Crippen molar-refractivity contribution in [2.75, 3.05) is 18.6 Å². The molecule has 0 saturated carbocycles. The minimum absolute atomic E-state index is 0.132. The number of halogens is 2. The fourth-order valence-electron chi connectivity index (χ4n) is 1.46. The van der Waals surface area contributed by atoms with Crippen molar-refractivity contribution in [3.05, 3.63) is 35.4 Å². The lowest BCUT2D eigenvalue weighted by molar-refractivity contribution is 0.483. The monoisotopic (exact) mass is 245 g/mol. The smallest absolute Gasteiger partial charge is 0.163 e. The Labute approximate surface area is 99.6 Å². The average Bonchev–Trinajstić information content (AvgIpc) is 2.29. The summed E-state index contributed by atoms with van der Waals surface area (Å²) in [6.07, 6.45) is 1.09. The molecule has 0 amide bonds. The Morgan fingerprint density at radius 3 is 2.75 bits per heavy atom. The van der Waals surface area contributed by atoms with E-state index in [1.54, 1.807) is 30.9 Å². The molecule has 0 radical (unpaired) electrons. The lowest BCUT2D eigenvalue weighted by atomic mass is 10.1. The highest BCUT2D eigenvalue weighted by molar-refractivity contribution is 7.99. The standard InChI is InChI=1S/C12H17F2NS/c1-3-7-16-8-11(15-2)9-5-4-6-10(13)12(9)14/h4-6,11,15H,3,7-8H2,1-2H3. The Morgan fingerprint density at radius 2 is 2.12 bits per heavy atom. The molecule has 1 atom stereocenters. The van der Waals surface area contributed by atoms with Gasteiger partial charge in [-0.15, -0.1) is 0 Å². The van der Waals surface area contributed by atoms with Gasteiger partial charge in [0.1, 0.15) is 0 Å². The maximum atomic E-state index is 13.5. The minimum atomic E-state index is -0.779. The van der Waals surface area contributed by atoms with Gasteiger partial charge in [0.2, 0.25) is 0 Å². The van der Waals surface area contributed by atoms with Crippen LogP contribution in [-0.4, -0.2) is 18.6 Å². The van der Waals surface area contributed by atoms with E-state index in [2.05, 4.69) is 12.2 Å². The summed E-state index contributed by atoms with van der Waals surface area (Å²) in [5, 5.41) is 3.02. The summed E-state index contributed by atoms with van der Waals surface area (Å²) in [5.41, 5.74) is 0.408. The molecule has 0 aromatic heterocycles. The number of hydrogen-bond donors (Lipinski definition) is 1. The second-order valence-electron chi connectivity index (χ2n) is 3.56. The first-order chi connectivity index (χ1) is 7.70. The van der Waals surface area contributed by atoms with Crippen LogP contribution in [0.3, 0.4) is 0 Å². The molecular weight excluding hydrogens is 228 g/mol. The molecule has 0 bridgehead atoms. The van der Waals surface area contributed by atoms with Crippen LogP contribution in [0.1, 0.15) is 24.9 Å². The van der Waals surface area contributed by atoms with Crippen molar-refractivity contribution in [1.29, 1.82) is 0 Å². The molecule has 0 fully saturated rings. The topological polar surface area (TPSA) is 12.0 Å². The molecule has 1 unspecified atom stereocenters. The SMILES string of the molecule is CCCSCC(NC)c1cccc(F)c1F. The van der Waals surface area contributed by atoms with Crippen LogP contribution in [0.25, 0.3) is 0 Å². The van der Waals surface area contributed by atoms with Crippen molar-refractivity contribution < 1.29 is 8.78 Å². The van der Waals surface area contributed by atoms with Crippen LogP contribution in [0, 0.1) is 11.6 Å². The van der Waals surface area contributed by atoms with E-state index in [1.807, 2.05) is 0 Å². The maximum Gasteiger partial charge on any atom is 0.163 e. The van der Waals surface area contributed by atoms with Crippen molar-refractivity contribution in [2.45, 2.75) is 19.4 Å². The summed E-state index contributed by atoms with van der Waals surface area (Å²) in [7, 11) is 1.77. The van der Waals surface area contributed by atoms with Crippen LogP contribution in [0.4, 0.5) is 8.78 Å². The van der Waals surface area contributed by atoms with E-state index in [0.717, 1.165) is 24.0 Å². The molecule has 0 saturated heterocycles. The van der Waals surface area contributed by atoms with Gasteiger partial charge in [0.05, 0.1) is 0 Å². The largest absolute Gasteiger partial charge is 0.312 e. The van der Waals surface area contributed by atoms with Crippen LogP contribution in [0.15, 0.2) is 18.2 Å². The molecular formula is C12H17F2NS. The number of hydrogen-bond acceptors (Lipinski definition) is 2. The third-order valence-corrected chi connectivity index (χ3v) is 3.60. The molecule has 90 valence electrons. The van der Waals surface area contributed by atoms with E-state index < -0.39 is 11.6 Å². The van der Waals surface area contributed by atoms with E-state index in [1.165, 1.54) is 0 Å². The van der Waals surface area contributed by atoms with Crippen molar-refractivity contribution in [1.82, 2.24) is 5.32 Å². The van der Waals surface area contributed by atoms with Crippen molar-refractivity contribution >= 4 is 11.8 Å². The summed E-state index contributed by atoms with van der Waals surface area (Å²) < 4.78 is 26.6. The molecule has 0 aliphatic rings. The first-order valence-corrected chi connectivity index (χ1v) is 6.55. The highest BCUT2D eigenvalue weighted by Crippen LogP contribution is 2.22. The zero-order valence-corrected chi connectivity index (χ0v) is 10.4. The molecule has 1 rings (SSSR count). The molecule has 1 nitrogen and oxygen atoms in total. The number of thioether (sulfide) groups is 1. The molecule has 0 aliphatic heterocycles. The Bertz CT molecular complexity index is 331. The summed E-state index contributed by atoms with van der Waals surface area (Å²) in [4.78, 5) is 0. The Hall–Kier alpha value is -0.610. The molecule has 0 aliphatic carbocycles. The zero-order chi connectivity index (χ0) is 12.0. The number of rotatable bonds is 6. The molecule has 16 heavy (non-hydrogen) atoms. The van der Waals surface area contributed by atoms with Crippen LogP contribution in [0.5, 0.6) is 0 Å². The molecule has 1 aromatic carbocycles. The van der Waals surface area contributed by atoms with Gasteiger partial charge in [-0.05, 0) is 25.3 Å². The highest BCUT2D eigenvalue weighted by Gasteiger charge is 2.16. The summed E-state index contributed by atoms with van der Waals surface area (Å²) in [5.74, 6) is 0.275. The van der Waals surface area contributed by atoms with Crippen LogP contribution in [0.2, 0.25) is 0 Å². The molecule has 1 aromatic rings. The van der Waals surface area contributed by atoms with Crippen LogP contribution < -0.4 is 5.32 Å². The minimum Gasteiger partial charge on any atom is -0.312 e. The Kier molecular flexibility index (Phi) is 5.77. The van der Waals surface area contributed by atoms with Crippen molar-refractivity contribution in [3.8, 4) is 0 Å². The van der Waals surface area contributed by atoms with Crippen LogP contribution >= 0.6 is 11.8 Å². The first-order valence-electron chi connectivity index (χ1n) is 5.39. The van der Waals surface area contributed by atoms with Crippen molar-refractivity contribution in [2.24, 2.45) is 0 Å². The molecule has 1 N–H and O–H groups in total. The predicted octanol–water partition coefficient (Wildman–Crippen LogP) is 3.37. The predicted molar refractivity (Wildman–Crippen MR) is 65.8 cm³/mol. The third-order valence-electron chi connectivity index (χ3n) is 2.34. The van der Waals surface area contributed by atoms with Gasteiger partial charge in [-0.25, -0.2) is 8.78 Å². The van der Waals surface area contributed by atoms with Gasteiger partial charge in [-0.2, -0.15) is 11.8 Å². The van der Waals surface area contributed by atoms with Gasteiger partial charge >= 0.3 is 0 Å². The maximum absolute atomic E-state index is 13.5. The van der Waals surface area contributed by atoms with Crippen LogP contribution in [-0.2, 0) is 0 Å². The van der Waals surface area contributed by atoms with E-state index in [4.69, 9.17) is 0 Å². The normalized spacial score (nSPS) is 12.8. The Balaban J connectivity index is 2.74. The second-order valence-corrected chi connectivity index (χ2v) is 4.71. The van der Waals surface area contributed by atoms with Gasteiger partial charge in [0, 0.05) is 17.4 Å². The first kappa shape index (κ1) is 13.5. The lowest BCUT2D eigenvalue weighted by Gasteiger charge is -2.17. The third kappa shape index (κ3) is 3.46. The molecule has 0 spiro atoms. The molecule has 4 heteroatoms.